The summed E-state index contributed by atoms with van der Waals surface area (Å²) in [5.74, 6) is -0.983. The Morgan fingerprint density at radius 2 is 2.08 bits per heavy atom. The maximum Gasteiger partial charge on any atom is 0.268 e. The van der Waals surface area contributed by atoms with E-state index in [-0.39, 0.29) is 27.6 Å². The van der Waals surface area contributed by atoms with Gasteiger partial charge in [0.2, 0.25) is 0 Å². The summed E-state index contributed by atoms with van der Waals surface area (Å²) in [6.07, 6.45) is 0. The number of halogens is 1. The fourth-order valence-corrected chi connectivity index (χ4v) is 3.62. The van der Waals surface area contributed by atoms with Crippen LogP contribution in [0.1, 0.15) is 26.4 Å². The number of nitrogen functional groups attached to an aromatic ring is 2. The molecule has 0 fully saturated rings. The maximum absolute atomic E-state index is 13.9. The lowest BCUT2D eigenvalue weighted by Crippen LogP contribution is -2.13. The van der Waals surface area contributed by atoms with E-state index in [2.05, 4.69) is 10.3 Å². The number of fused-ring (bicyclic) bond motifs is 1. The van der Waals surface area contributed by atoms with Crippen LogP contribution in [0.5, 0.6) is 0 Å². The van der Waals surface area contributed by atoms with Crippen LogP contribution >= 0.6 is 11.3 Å². The fraction of sp³-hybridized carbons (Fsp3) is 0.118. The molecule has 0 spiro atoms. The molecule has 0 bridgehead atoms. The van der Waals surface area contributed by atoms with Gasteiger partial charge in [-0.05, 0) is 37.1 Å². The van der Waals surface area contributed by atoms with Crippen LogP contribution in [0, 0.1) is 31.0 Å². The molecule has 3 aromatic rings. The van der Waals surface area contributed by atoms with Crippen LogP contribution < -0.4 is 16.8 Å². The largest absolute Gasteiger partial charge is 0.397 e. The van der Waals surface area contributed by atoms with Crippen LogP contribution in [0.2, 0.25) is 0 Å². The molecule has 1 amide bonds. The molecule has 1 aromatic carbocycles. The number of aromatic nitrogens is 1. The van der Waals surface area contributed by atoms with Gasteiger partial charge in [-0.2, -0.15) is 5.26 Å². The molecule has 0 aliphatic heterocycles. The van der Waals surface area contributed by atoms with E-state index in [0.717, 1.165) is 16.9 Å². The first-order valence-electron chi connectivity index (χ1n) is 7.29. The first kappa shape index (κ1) is 16.7. The molecule has 126 valence electrons. The van der Waals surface area contributed by atoms with Crippen LogP contribution in [-0.4, -0.2) is 10.9 Å². The molecular formula is C17H14FN5OS. The third kappa shape index (κ3) is 2.75. The van der Waals surface area contributed by atoms with Crippen molar-refractivity contribution in [2.75, 3.05) is 16.8 Å². The molecular weight excluding hydrogens is 341 g/mol. The zero-order valence-corrected chi connectivity index (χ0v) is 14.3. The van der Waals surface area contributed by atoms with Crippen LogP contribution in [-0.2, 0) is 0 Å². The van der Waals surface area contributed by atoms with Gasteiger partial charge in [-0.25, -0.2) is 9.37 Å². The average molecular weight is 355 g/mol. The van der Waals surface area contributed by atoms with Crippen LogP contribution in [0.15, 0.2) is 18.2 Å². The van der Waals surface area contributed by atoms with Crippen LogP contribution in [0.3, 0.4) is 0 Å². The molecule has 0 saturated heterocycles. The number of carbonyl (C=O) groups excluding carboxylic acids is 1. The van der Waals surface area contributed by atoms with Gasteiger partial charge < -0.3 is 16.8 Å². The lowest BCUT2D eigenvalue weighted by molar-refractivity contribution is 0.103. The highest BCUT2D eigenvalue weighted by atomic mass is 32.1. The Morgan fingerprint density at radius 3 is 2.72 bits per heavy atom. The second kappa shape index (κ2) is 6.03. The zero-order valence-electron chi connectivity index (χ0n) is 13.5. The van der Waals surface area contributed by atoms with Crippen molar-refractivity contribution in [1.29, 1.82) is 5.26 Å². The Balaban J connectivity index is 2.07. The molecule has 8 heteroatoms. The summed E-state index contributed by atoms with van der Waals surface area (Å²) < 4.78 is 13.9. The molecule has 0 aliphatic rings. The van der Waals surface area contributed by atoms with Gasteiger partial charge >= 0.3 is 0 Å². The van der Waals surface area contributed by atoms with Gasteiger partial charge in [0.25, 0.3) is 5.91 Å². The molecule has 0 aliphatic carbocycles. The SMILES string of the molecule is Cc1ccc(NC(=O)c2sc3nc(N)c(C#N)c(C)c3c2N)c(F)c1. The van der Waals surface area contributed by atoms with Crippen molar-refractivity contribution >= 4 is 44.7 Å². The van der Waals surface area contributed by atoms with E-state index in [4.69, 9.17) is 11.5 Å². The maximum atomic E-state index is 13.9. The summed E-state index contributed by atoms with van der Waals surface area (Å²) in [5, 5.41) is 12.2. The number of hydrogen-bond donors (Lipinski definition) is 3. The number of nitrogens with two attached hydrogens (primary N) is 2. The van der Waals surface area contributed by atoms with Gasteiger partial charge in [0.05, 0.1) is 16.9 Å². The minimum atomic E-state index is -0.542. The Morgan fingerprint density at radius 1 is 1.36 bits per heavy atom. The van der Waals surface area contributed by atoms with E-state index in [0.29, 0.717) is 15.8 Å². The molecule has 2 aromatic heterocycles. The van der Waals surface area contributed by atoms with Gasteiger partial charge in [0, 0.05) is 5.39 Å². The summed E-state index contributed by atoms with van der Waals surface area (Å²) in [6.45, 7) is 3.45. The van der Waals surface area contributed by atoms with Gasteiger partial charge in [0.15, 0.2) is 0 Å². The number of hydrogen-bond acceptors (Lipinski definition) is 6. The normalized spacial score (nSPS) is 10.6. The highest BCUT2D eigenvalue weighted by Crippen LogP contribution is 2.37. The highest BCUT2D eigenvalue weighted by Gasteiger charge is 2.22. The van der Waals surface area contributed by atoms with Crippen molar-refractivity contribution in [3.8, 4) is 6.07 Å². The first-order chi connectivity index (χ1) is 11.8. The van der Waals surface area contributed by atoms with Gasteiger partial charge in [-0.15, -0.1) is 11.3 Å². The number of pyridine rings is 1. The second-order valence-electron chi connectivity index (χ2n) is 5.57. The topological polar surface area (TPSA) is 118 Å². The van der Waals surface area contributed by atoms with Crippen molar-refractivity contribution in [3.05, 3.63) is 45.6 Å². The predicted molar refractivity (Wildman–Crippen MR) is 97.0 cm³/mol. The van der Waals surface area contributed by atoms with E-state index >= 15 is 0 Å². The fourth-order valence-electron chi connectivity index (χ4n) is 2.57. The van der Waals surface area contributed by atoms with E-state index in [9.17, 15) is 14.4 Å². The lowest BCUT2D eigenvalue weighted by Gasteiger charge is -2.06. The number of rotatable bonds is 2. The van der Waals surface area contributed by atoms with Crippen molar-refractivity contribution in [3.63, 3.8) is 0 Å². The summed E-state index contributed by atoms with van der Waals surface area (Å²) in [7, 11) is 0. The van der Waals surface area contributed by atoms with Crippen LogP contribution in [0.4, 0.5) is 21.6 Å². The number of amides is 1. The van der Waals surface area contributed by atoms with Crippen molar-refractivity contribution in [2.24, 2.45) is 0 Å². The second-order valence-corrected chi connectivity index (χ2v) is 6.57. The number of thiophene rings is 1. The number of nitrogens with zero attached hydrogens (tertiary/aromatic N) is 2. The summed E-state index contributed by atoms with van der Waals surface area (Å²) >= 11 is 1.05. The van der Waals surface area contributed by atoms with Crippen LogP contribution in [0.25, 0.3) is 10.2 Å². The number of anilines is 3. The number of carbonyl (C=O) groups is 1. The van der Waals surface area contributed by atoms with Crippen molar-refractivity contribution < 1.29 is 9.18 Å². The highest BCUT2D eigenvalue weighted by molar-refractivity contribution is 7.21. The number of aryl methyl sites for hydroxylation is 2. The minimum Gasteiger partial charge on any atom is -0.397 e. The third-order valence-electron chi connectivity index (χ3n) is 3.85. The average Bonchev–Trinajstić information content (AvgIpc) is 2.87. The molecule has 6 nitrogen and oxygen atoms in total. The van der Waals surface area contributed by atoms with E-state index in [1.807, 2.05) is 6.07 Å². The standard InChI is InChI=1S/C17H14FN5OS/c1-7-3-4-11(10(18)5-7)22-16(24)14-13(20)12-8(2)9(6-19)15(21)23-17(12)25-14/h3-5H,20H2,1-2H3,(H2,21,23)(H,22,24). The number of nitrogens with one attached hydrogen (secondary N) is 1. The Hall–Kier alpha value is -3.18. The number of benzene rings is 1. The van der Waals surface area contributed by atoms with Gasteiger partial charge in [-0.3, -0.25) is 4.79 Å². The molecule has 0 saturated carbocycles. The Kier molecular flexibility index (Phi) is 4.02. The van der Waals surface area contributed by atoms with E-state index in [1.165, 1.54) is 12.1 Å². The zero-order chi connectivity index (χ0) is 18.3. The van der Waals surface area contributed by atoms with E-state index in [1.54, 1.807) is 19.9 Å². The van der Waals surface area contributed by atoms with Crippen molar-refractivity contribution in [1.82, 2.24) is 4.98 Å². The molecule has 0 unspecified atom stereocenters. The minimum absolute atomic E-state index is 0.0642. The smallest absolute Gasteiger partial charge is 0.268 e. The molecule has 0 radical (unpaired) electrons. The summed E-state index contributed by atoms with van der Waals surface area (Å²) in [6, 6.07) is 6.49. The predicted octanol–water partition coefficient (Wildman–Crippen LogP) is 3.34. The van der Waals surface area contributed by atoms with Gasteiger partial charge in [0.1, 0.15) is 27.4 Å². The van der Waals surface area contributed by atoms with E-state index < -0.39 is 11.7 Å². The first-order valence-corrected chi connectivity index (χ1v) is 8.10. The van der Waals surface area contributed by atoms with Gasteiger partial charge in [-0.1, -0.05) is 6.07 Å². The quantitative estimate of drug-likeness (QED) is 0.651. The lowest BCUT2D eigenvalue weighted by atomic mass is 10.1. The molecule has 2 heterocycles. The molecule has 3 rings (SSSR count). The number of nitriles is 1. The van der Waals surface area contributed by atoms with Crippen molar-refractivity contribution in [2.45, 2.75) is 13.8 Å². The molecule has 25 heavy (non-hydrogen) atoms. The summed E-state index contributed by atoms with van der Waals surface area (Å²) in [4.78, 5) is 17.3. The Labute approximate surface area is 146 Å². The summed E-state index contributed by atoms with van der Waals surface area (Å²) in [5.41, 5.74) is 13.7. The monoisotopic (exact) mass is 355 g/mol. The Bertz CT molecular complexity index is 1070. The molecule has 5 N–H and O–H groups in total. The molecule has 0 atom stereocenters. The third-order valence-corrected chi connectivity index (χ3v) is 4.94.